The summed E-state index contributed by atoms with van der Waals surface area (Å²) in [5.74, 6) is -0.455. The zero-order valence-corrected chi connectivity index (χ0v) is 19.3. The fraction of sp³-hybridized carbons (Fsp3) is 0.115. The third kappa shape index (κ3) is 5.60. The summed E-state index contributed by atoms with van der Waals surface area (Å²) < 4.78 is 5.07. The molecule has 0 radical (unpaired) electrons. The second kappa shape index (κ2) is 10.6. The van der Waals surface area contributed by atoms with E-state index in [2.05, 4.69) is 10.6 Å². The lowest BCUT2D eigenvalue weighted by atomic mass is 10.1. The smallest absolute Gasteiger partial charge is 0.291 e. The number of amides is 3. The molecule has 0 aliphatic carbocycles. The van der Waals surface area contributed by atoms with Crippen LogP contribution >= 0.6 is 11.3 Å². The van der Waals surface area contributed by atoms with Crippen molar-refractivity contribution in [2.45, 2.75) is 13.3 Å². The van der Waals surface area contributed by atoms with Gasteiger partial charge in [0.05, 0.1) is 22.6 Å². The van der Waals surface area contributed by atoms with Gasteiger partial charge in [-0.25, -0.2) is 0 Å². The van der Waals surface area contributed by atoms with Crippen molar-refractivity contribution in [3.63, 3.8) is 0 Å². The third-order valence-electron chi connectivity index (χ3n) is 5.06. The highest BCUT2D eigenvalue weighted by Crippen LogP contribution is 2.24. The van der Waals surface area contributed by atoms with Crippen molar-refractivity contribution < 1.29 is 18.8 Å². The summed E-state index contributed by atoms with van der Waals surface area (Å²) in [5.41, 5.74) is 2.34. The number of nitrogens with zero attached hydrogens (tertiary/aromatic N) is 1. The van der Waals surface area contributed by atoms with Gasteiger partial charge in [0.15, 0.2) is 5.76 Å². The van der Waals surface area contributed by atoms with E-state index < -0.39 is 0 Å². The Morgan fingerprint density at radius 3 is 2.29 bits per heavy atom. The number of carbonyl (C=O) groups is 3. The third-order valence-corrected chi connectivity index (χ3v) is 6.06. The molecule has 2 N–H and O–H groups in total. The Bertz CT molecular complexity index is 1270. The minimum atomic E-state index is -0.377. The van der Waals surface area contributed by atoms with Crippen molar-refractivity contribution in [2.24, 2.45) is 0 Å². The molecule has 2 aromatic heterocycles. The molecule has 7 nitrogen and oxygen atoms in total. The van der Waals surface area contributed by atoms with E-state index in [4.69, 9.17) is 4.42 Å². The minimum Gasteiger partial charge on any atom is -0.459 e. The fourth-order valence-corrected chi connectivity index (χ4v) is 4.18. The van der Waals surface area contributed by atoms with E-state index in [0.717, 1.165) is 11.3 Å². The summed E-state index contributed by atoms with van der Waals surface area (Å²) in [6, 6.07) is 23.3. The predicted octanol–water partition coefficient (Wildman–Crippen LogP) is 5.44. The summed E-state index contributed by atoms with van der Waals surface area (Å²) in [7, 11) is 0. The molecule has 4 rings (SSSR count). The molecule has 0 aliphatic heterocycles. The van der Waals surface area contributed by atoms with Crippen molar-refractivity contribution in [2.75, 3.05) is 22.1 Å². The topological polar surface area (TPSA) is 91.7 Å². The van der Waals surface area contributed by atoms with Gasteiger partial charge >= 0.3 is 0 Å². The average Bonchev–Trinajstić information content (AvgIpc) is 3.54. The Labute approximate surface area is 201 Å². The van der Waals surface area contributed by atoms with Gasteiger partial charge in [-0.1, -0.05) is 30.3 Å². The van der Waals surface area contributed by atoms with Crippen molar-refractivity contribution >= 4 is 45.4 Å². The Morgan fingerprint density at radius 1 is 0.853 bits per heavy atom. The van der Waals surface area contributed by atoms with Crippen LogP contribution in [0.15, 0.2) is 89.5 Å². The van der Waals surface area contributed by atoms with E-state index in [9.17, 15) is 14.4 Å². The molecule has 8 heteroatoms. The highest BCUT2D eigenvalue weighted by Gasteiger charge is 2.15. The molecule has 0 spiro atoms. The Balaban J connectivity index is 1.33. The molecule has 0 saturated heterocycles. The fourth-order valence-electron chi connectivity index (χ4n) is 3.39. The number of anilines is 3. The predicted molar refractivity (Wildman–Crippen MR) is 134 cm³/mol. The van der Waals surface area contributed by atoms with Crippen LogP contribution in [0.3, 0.4) is 0 Å². The van der Waals surface area contributed by atoms with Crippen molar-refractivity contribution in [1.82, 2.24) is 0 Å². The highest BCUT2D eigenvalue weighted by molar-refractivity contribution is 7.18. The normalized spacial score (nSPS) is 10.5. The van der Waals surface area contributed by atoms with Gasteiger partial charge < -0.3 is 20.0 Å². The van der Waals surface area contributed by atoms with Crippen molar-refractivity contribution in [1.29, 1.82) is 0 Å². The summed E-state index contributed by atoms with van der Waals surface area (Å²) >= 11 is 1.17. The van der Waals surface area contributed by atoms with Crippen LogP contribution in [0.2, 0.25) is 0 Å². The van der Waals surface area contributed by atoms with Gasteiger partial charge in [0, 0.05) is 17.9 Å². The molecule has 0 unspecified atom stereocenters. The van der Waals surface area contributed by atoms with Crippen LogP contribution in [0.1, 0.15) is 32.7 Å². The van der Waals surface area contributed by atoms with Gasteiger partial charge in [-0.05, 0) is 61.0 Å². The second-order valence-electron chi connectivity index (χ2n) is 7.40. The molecular weight excluding hydrogens is 450 g/mol. The number of thiophene rings is 1. The van der Waals surface area contributed by atoms with Gasteiger partial charge in [0.25, 0.3) is 11.8 Å². The molecule has 3 amide bonds. The second-order valence-corrected chi connectivity index (χ2v) is 8.48. The van der Waals surface area contributed by atoms with Crippen molar-refractivity contribution in [3.8, 4) is 0 Å². The van der Waals surface area contributed by atoms with Gasteiger partial charge in [-0.2, -0.15) is 0 Å². The number of hydrogen-bond acceptors (Lipinski definition) is 5. The summed E-state index contributed by atoms with van der Waals surface area (Å²) in [6.45, 7) is 2.53. The van der Waals surface area contributed by atoms with Crippen LogP contribution in [0, 0.1) is 0 Å². The quantitative estimate of drug-likeness (QED) is 0.356. The van der Waals surface area contributed by atoms with E-state index in [1.165, 1.54) is 17.6 Å². The Kier molecular flexibility index (Phi) is 7.19. The minimum absolute atomic E-state index is 0.00759. The van der Waals surface area contributed by atoms with Crippen LogP contribution in [0.4, 0.5) is 16.4 Å². The lowest BCUT2D eigenvalue weighted by molar-refractivity contribution is -0.117. The zero-order chi connectivity index (χ0) is 23.9. The van der Waals surface area contributed by atoms with Crippen molar-refractivity contribution in [3.05, 3.63) is 101 Å². The van der Waals surface area contributed by atoms with Gasteiger partial charge in [0.2, 0.25) is 5.91 Å². The first kappa shape index (κ1) is 23.0. The van der Waals surface area contributed by atoms with E-state index in [-0.39, 0.29) is 29.9 Å². The molecule has 172 valence electrons. The van der Waals surface area contributed by atoms with Crippen LogP contribution < -0.4 is 15.5 Å². The molecule has 2 aromatic carbocycles. The summed E-state index contributed by atoms with van der Waals surface area (Å²) in [4.78, 5) is 39.6. The first-order chi connectivity index (χ1) is 16.5. The zero-order valence-electron chi connectivity index (χ0n) is 18.5. The number of furan rings is 1. The van der Waals surface area contributed by atoms with Crippen LogP contribution in [-0.2, 0) is 11.2 Å². The monoisotopic (exact) mass is 473 g/mol. The molecule has 0 aliphatic rings. The first-order valence-corrected chi connectivity index (χ1v) is 11.6. The van der Waals surface area contributed by atoms with Gasteiger partial charge in [0.1, 0.15) is 0 Å². The van der Waals surface area contributed by atoms with Crippen LogP contribution in [0.5, 0.6) is 0 Å². The molecule has 0 atom stereocenters. The maximum atomic E-state index is 12.8. The lowest BCUT2D eigenvalue weighted by Crippen LogP contribution is -2.31. The molecule has 4 aromatic rings. The van der Waals surface area contributed by atoms with E-state index in [1.807, 2.05) is 49.4 Å². The average molecular weight is 474 g/mol. The number of para-hydroxylation sites is 1. The van der Waals surface area contributed by atoms with Gasteiger partial charge in [-0.3, -0.25) is 14.4 Å². The Hall–Kier alpha value is -4.17. The number of likely N-dealkylation sites (N-methyl/N-ethyl adjacent to an activating group) is 1. The standard InChI is InChI=1S/C26H23N3O4S/c1-2-29(20-7-4-3-5-8-20)24(30)17-18-10-12-19(13-11-18)27-26(32)22-14-15-23(34-22)28-25(31)21-9-6-16-33-21/h3-16H,2,17H2,1H3,(H,27,32)(H,28,31). The largest absolute Gasteiger partial charge is 0.459 e. The number of hydrogen-bond donors (Lipinski definition) is 2. The Morgan fingerprint density at radius 2 is 1.62 bits per heavy atom. The molecule has 0 bridgehead atoms. The summed E-state index contributed by atoms with van der Waals surface area (Å²) in [5, 5.41) is 6.08. The molecule has 0 saturated carbocycles. The van der Waals surface area contributed by atoms with E-state index >= 15 is 0 Å². The number of carbonyl (C=O) groups excluding carboxylic acids is 3. The number of rotatable bonds is 8. The first-order valence-electron chi connectivity index (χ1n) is 10.7. The molecule has 34 heavy (non-hydrogen) atoms. The molecule has 0 fully saturated rings. The maximum Gasteiger partial charge on any atom is 0.291 e. The SMILES string of the molecule is CCN(C(=O)Cc1ccc(NC(=O)c2ccc(NC(=O)c3ccco3)s2)cc1)c1ccccc1. The van der Waals surface area contributed by atoms with Gasteiger partial charge in [-0.15, -0.1) is 11.3 Å². The molecular formula is C26H23N3O4S. The van der Waals surface area contributed by atoms with Crippen LogP contribution in [-0.4, -0.2) is 24.3 Å². The van der Waals surface area contributed by atoms with E-state index in [1.54, 1.807) is 41.3 Å². The lowest BCUT2D eigenvalue weighted by Gasteiger charge is -2.21. The van der Waals surface area contributed by atoms with Crippen LogP contribution in [0.25, 0.3) is 0 Å². The molecule has 2 heterocycles. The summed E-state index contributed by atoms with van der Waals surface area (Å²) in [6.07, 6.45) is 1.69. The van der Waals surface area contributed by atoms with E-state index in [0.29, 0.717) is 22.1 Å². The highest BCUT2D eigenvalue weighted by atomic mass is 32.1. The maximum absolute atomic E-state index is 12.8. The number of nitrogens with one attached hydrogen (secondary N) is 2. The number of benzene rings is 2.